The lowest BCUT2D eigenvalue weighted by molar-refractivity contribution is -0.144. The Morgan fingerprint density at radius 2 is 2.12 bits per heavy atom. The number of likely N-dealkylation sites (N-methyl/N-ethyl adjacent to an activating group) is 1. The van der Waals surface area contributed by atoms with Gasteiger partial charge in [-0.15, -0.1) is 0 Å². The predicted octanol–water partition coefficient (Wildman–Crippen LogP) is 2.70. The topological polar surface area (TPSA) is 97.3 Å². The predicted molar refractivity (Wildman–Crippen MR) is 122 cm³/mol. The molecule has 0 aromatic heterocycles. The van der Waals surface area contributed by atoms with Gasteiger partial charge < -0.3 is 24.6 Å². The van der Waals surface area contributed by atoms with Crippen LogP contribution in [0.1, 0.15) is 56.4 Å². The van der Waals surface area contributed by atoms with Crippen LogP contribution in [0.15, 0.2) is 18.2 Å². The third-order valence-electron chi connectivity index (χ3n) is 7.45. The third kappa shape index (κ3) is 5.70. The first-order valence-corrected chi connectivity index (χ1v) is 12.2. The first-order chi connectivity index (χ1) is 16.4. The van der Waals surface area contributed by atoms with E-state index in [9.17, 15) is 14.0 Å². The van der Waals surface area contributed by atoms with E-state index < -0.39 is 17.3 Å². The number of amides is 1. The summed E-state index contributed by atoms with van der Waals surface area (Å²) in [6, 6.07) is 4.95. The van der Waals surface area contributed by atoms with E-state index in [1.165, 1.54) is 6.07 Å². The van der Waals surface area contributed by atoms with E-state index in [1.807, 2.05) is 6.07 Å². The van der Waals surface area contributed by atoms with E-state index in [0.29, 0.717) is 13.2 Å². The highest BCUT2D eigenvalue weighted by Crippen LogP contribution is 2.40. The number of likely N-dealkylation sites (tertiary alicyclic amines) is 1. The van der Waals surface area contributed by atoms with Gasteiger partial charge in [0.25, 0.3) is 0 Å². The average molecular weight is 479 g/mol. The fraction of sp³-hybridized carbons (Fsp3) is 0.680. The number of nitrogens with one attached hydrogen (secondary N) is 1. The zero-order chi connectivity index (χ0) is 24.1. The van der Waals surface area contributed by atoms with Crippen molar-refractivity contribution >= 4 is 11.9 Å². The minimum absolute atomic E-state index is 0.0562. The molecule has 2 unspecified atom stereocenters. The average Bonchev–Trinajstić information content (AvgIpc) is 2.80. The molecule has 3 fully saturated rings. The van der Waals surface area contributed by atoms with Crippen LogP contribution >= 0.6 is 0 Å². The minimum atomic E-state index is -0.972. The molecule has 3 aliphatic rings. The first kappa shape index (κ1) is 24.9. The van der Waals surface area contributed by atoms with Crippen LogP contribution < -0.4 is 10.1 Å². The molecule has 0 bridgehead atoms. The van der Waals surface area contributed by atoms with Crippen LogP contribution in [0.4, 0.5) is 4.39 Å². The molecule has 1 aromatic rings. The number of nitrogens with zero attached hydrogens (tertiary/aromatic N) is 1. The molecule has 1 aliphatic carbocycles. The number of halogens is 1. The number of rotatable bonds is 8. The van der Waals surface area contributed by atoms with Crippen molar-refractivity contribution in [2.24, 2.45) is 0 Å². The molecule has 2 heterocycles. The first-order valence-electron chi connectivity index (χ1n) is 12.2. The molecule has 34 heavy (non-hydrogen) atoms. The van der Waals surface area contributed by atoms with Crippen molar-refractivity contribution in [1.29, 1.82) is 0 Å². The number of para-hydroxylation sites is 1. The normalized spacial score (nSPS) is 30.2. The number of aliphatic carboxylic acids is 1. The van der Waals surface area contributed by atoms with Crippen LogP contribution in [0.2, 0.25) is 0 Å². The molecular formula is C25H35FN2O6. The van der Waals surface area contributed by atoms with Crippen LogP contribution in [-0.4, -0.2) is 79.6 Å². The molecule has 1 amide bonds. The van der Waals surface area contributed by atoms with Crippen molar-refractivity contribution in [3.8, 4) is 5.75 Å². The van der Waals surface area contributed by atoms with Gasteiger partial charge in [-0.3, -0.25) is 14.5 Å². The molecule has 9 heteroatoms. The zero-order valence-electron chi connectivity index (χ0n) is 19.8. The van der Waals surface area contributed by atoms with Crippen LogP contribution in [0.5, 0.6) is 5.75 Å². The van der Waals surface area contributed by atoms with Crippen LogP contribution in [0, 0.1) is 5.82 Å². The van der Waals surface area contributed by atoms with Gasteiger partial charge in [0, 0.05) is 5.56 Å². The summed E-state index contributed by atoms with van der Waals surface area (Å²) in [5.74, 6) is -1.18. The molecule has 1 spiro atoms. The second kappa shape index (κ2) is 11.0. The Kier molecular flexibility index (Phi) is 8.06. The molecule has 188 valence electrons. The number of ether oxygens (including phenoxy) is 3. The highest BCUT2D eigenvalue weighted by atomic mass is 19.1. The number of piperidine rings is 1. The lowest BCUT2D eigenvalue weighted by Crippen LogP contribution is -2.70. The summed E-state index contributed by atoms with van der Waals surface area (Å²) in [6.07, 6.45) is 5.21. The number of carboxylic acids is 1. The van der Waals surface area contributed by atoms with E-state index in [0.717, 1.165) is 50.6 Å². The van der Waals surface area contributed by atoms with Crippen molar-refractivity contribution in [3.05, 3.63) is 29.6 Å². The molecular weight excluding hydrogens is 443 g/mol. The van der Waals surface area contributed by atoms with Gasteiger partial charge in [0.15, 0.2) is 11.6 Å². The zero-order valence-corrected chi connectivity index (χ0v) is 19.8. The number of carboxylic acid groups (broad SMARTS) is 1. The molecule has 2 saturated heterocycles. The Labute approximate surface area is 199 Å². The van der Waals surface area contributed by atoms with Gasteiger partial charge in [-0.1, -0.05) is 12.1 Å². The molecule has 4 rings (SSSR count). The summed E-state index contributed by atoms with van der Waals surface area (Å²) in [6.45, 7) is 2.06. The second-order valence-corrected chi connectivity index (χ2v) is 9.75. The summed E-state index contributed by atoms with van der Waals surface area (Å²) in [5.41, 5.74) is 0.403. The standard InChI is InChI=1S/C25H35FN2O6/c1-28-12-3-11-25(16-32-15-22(29)27-25)21(28)14-34-18-8-6-17(7-9-18)19-4-2-5-20(26)24(19)33-13-10-23(30)31/h2,4-5,17-18,21H,3,6-16H2,1H3,(H,27,29)(H,30,31). The van der Waals surface area contributed by atoms with Gasteiger partial charge >= 0.3 is 5.97 Å². The van der Waals surface area contributed by atoms with Crippen molar-refractivity contribution in [2.75, 3.05) is 40.0 Å². The van der Waals surface area contributed by atoms with Crippen molar-refractivity contribution < 1.29 is 33.3 Å². The molecule has 2 atom stereocenters. The molecule has 8 nitrogen and oxygen atoms in total. The summed E-state index contributed by atoms with van der Waals surface area (Å²) in [4.78, 5) is 25.1. The van der Waals surface area contributed by atoms with Crippen LogP contribution in [0.3, 0.4) is 0 Å². The van der Waals surface area contributed by atoms with E-state index in [-0.39, 0.29) is 49.4 Å². The van der Waals surface area contributed by atoms with Gasteiger partial charge in [0.1, 0.15) is 6.61 Å². The number of carbonyl (C=O) groups is 2. The van der Waals surface area contributed by atoms with Gasteiger partial charge in [0.05, 0.1) is 43.9 Å². The Hall–Kier alpha value is -2.23. The number of benzene rings is 1. The van der Waals surface area contributed by atoms with Crippen molar-refractivity contribution in [2.45, 2.75) is 68.5 Å². The maximum absolute atomic E-state index is 14.4. The Balaban J connectivity index is 1.33. The fourth-order valence-corrected chi connectivity index (χ4v) is 5.67. The lowest BCUT2D eigenvalue weighted by Gasteiger charge is -2.50. The van der Waals surface area contributed by atoms with Gasteiger partial charge in [-0.25, -0.2) is 4.39 Å². The highest BCUT2D eigenvalue weighted by molar-refractivity contribution is 5.79. The molecule has 1 aromatic carbocycles. The quantitative estimate of drug-likeness (QED) is 0.593. The van der Waals surface area contributed by atoms with Crippen LogP contribution in [0.25, 0.3) is 0 Å². The number of morpholine rings is 1. The SMILES string of the molecule is CN1CCCC2(COCC(=O)N2)C1COC1CCC(c2cccc(F)c2OCCC(=O)O)CC1. The molecule has 2 N–H and O–H groups in total. The van der Waals surface area contributed by atoms with Crippen LogP contribution in [-0.2, 0) is 19.1 Å². The maximum Gasteiger partial charge on any atom is 0.306 e. The smallest absolute Gasteiger partial charge is 0.306 e. The van der Waals surface area contributed by atoms with Crippen molar-refractivity contribution in [1.82, 2.24) is 10.2 Å². The van der Waals surface area contributed by atoms with Crippen molar-refractivity contribution in [3.63, 3.8) is 0 Å². The van der Waals surface area contributed by atoms with E-state index >= 15 is 0 Å². The summed E-state index contributed by atoms with van der Waals surface area (Å²) >= 11 is 0. The number of hydrogen-bond acceptors (Lipinski definition) is 6. The number of hydrogen-bond donors (Lipinski definition) is 2. The molecule has 1 saturated carbocycles. The summed E-state index contributed by atoms with van der Waals surface area (Å²) < 4.78 is 31.9. The molecule has 2 aliphatic heterocycles. The second-order valence-electron chi connectivity index (χ2n) is 9.75. The highest BCUT2D eigenvalue weighted by Gasteiger charge is 2.47. The van der Waals surface area contributed by atoms with E-state index in [2.05, 4.69) is 17.3 Å². The summed E-state index contributed by atoms with van der Waals surface area (Å²) in [5, 5.41) is 12.0. The fourth-order valence-electron chi connectivity index (χ4n) is 5.67. The Morgan fingerprint density at radius 3 is 2.85 bits per heavy atom. The largest absolute Gasteiger partial charge is 0.490 e. The third-order valence-corrected chi connectivity index (χ3v) is 7.45. The monoisotopic (exact) mass is 478 g/mol. The minimum Gasteiger partial charge on any atom is -0.490 e. The maximum atomic E-state index is 14.4. The Bertz CT molecular complexity index is 871. The van der Waals surface area contributed by atoms with Gasteiger partial charge in [0.2, 0.25) is 5.91 Å². The van der Waals surface area contributed by atoms with Gasteiger partial charge in [-0.05, 0) is 64.1 Å². The Morgan fingerprint density at radius 1 is 1.32 bits per heavy atom. The molecule has 0 radical (unpaired) electrons. The van der Waals surface area contributed by atoms with Gasteiger partial charge in [-0.2, -0.15) is 0 Å². The lowest BCUT2D eigenvalue weighted by atomic mass is 9.80. The van der Waals surface area contributed by atoms with E-state index in [1.54, 1.807) is 6.07 Å². The number of carbonyl (C=O) groups excluding carboxylic acids is 1. The summed E-state index contributed by atoms with van der Waals surface area (Å²) in [7, 11) is 2.07. The van der Waals surface area contributed by atoms with E-state index in [4.69, 9.17) is 19.3 Å².